The minimum atomic E-state index is -0.315. The summed E-state index contributed by atoms with van der Waals surface area (Å²) in [5.41, 5.74) is 2.93. The maximum atomic E-state index is 12.8. The number of nitrogens with zero attached hydrogens (tertiary/aromatic N) is 2. The van der Waals surface area contributed by atoms with Gasteiger partial charge < -0.3 is 15.2 Å². The fraction of sp³-hybridized carbons (Fsp3) is 0.286. The van der Waals surface area contributed by atoms with E-state index in [2.05, 4.69) is 15.3 Å². The van der Waals surface area contributed by atoms with Crippen molar-refractivity contribution in [3.05, 3.63) is 66.0 Å². The third-order valence-corrected chi connectivity index (χ3v) is 5.05. The van der Waals surface area contributed by atoms with Crippen LogP contribution in [0.1, 0.15) is 23.9 Å². The first-order valence-electron chi connectivity index (χ1n) is 9.13. The number of hydrogen-bond donors (Lipinski definition) is 2. The Morgan fingerprint density at radius 3 is 2.67 bits per heavy atom. The van der Waals surface area contributed by atoms with E-state index in [0.717, 1.165) is 22.4 Å². The van der Waals surface area contributed by atoms with Crippen molar-refractivity contribution in [2.24, 2.45) is 5.92 Å². The van der Waals surface area contributed by atoms with Gasteiger partial charge in [-0.3, -0.25) is 9.59 Å². The molecule has 0 saturated carbocycles. The van der Waals surface area contributed by atoms with Crippen LogP contribution in [0.2, 0.25) is 0 Å². The summed E-state index contributed by atoms with van der Waals surface area (Å²) in [6.07, 6.45) is 0.892. The van der Waals surface area contributed by atoms with Gasteiger partial charge in [0.1, 0.15) is 5.82 Å². The molecule has 27 heavy (non-hydrogen) atoms. The monoisotopic (exact) mass is 362 g/mol. The first-order chi connectivity index (χ1) is 13.1. The van der Waals surface area contributed by atoms with Crippen LogP contribution in [0.15, 0.2) is 54.6 Å². The normalized spacial score (nSPS) is 18.0. The third-order valence-electron chi connectivity index (χ3n) is 5.05. The van der Waals surface area contributed by atoms with Gasteiger partial charge in [0, 0.05) is 20.0 Å². The van der Waals surface area contributed by atoms with E-state index in [4.69, 9.17) is 0 Å². The van der Waals surface area contributed by atoms with Crippen LogP contribution >= 0.6 is 0 Å². The molecule has 0 unspecified atom stereocenters. The van der Waals surface area contributed by atoms with Crippen LogP contribution in [0.3, 0.4) is 0 Å². The van der Waals surface area contributed by atoms with Crippen molar-refractivity contribution >= 4 is 22.8 Å². The van der Waals surface area contributed by atoms with Gasteiger partial charge in [0.25, 0.3) is 0 Å². The number of nitrogens with one attached hydrogen (secondary N) is 2. The summed E-state index contributed by atoms with van der Waals surface area (Å²) < 4.78 is 0. The molecule has 1 aliphatic heterocycles. The minimum absolute atomic E-state index is 0.0125. The highest BCUT2D eigenvalue weighted by Gasteiger charge is 2.33. The fourth-order valence-corrected chi connectivity index (χ4v) is 3.53. The smallest absolute Gasteiger partial charge is 0.226 e. The highest BCUT2D eigenvalue weighted by molar-refractivity contribution is 5.89. The molecule has 0 aliphatic carbocycles. The maximum Gasteiger partial charge on any atom is 0.226 e. The topological polar surface area (TPSA) is 78.1 Å². The van der Waals surface area contributed by atoms with Crippen molar-refractivity contribution in [1.82, 2.24) is 20.2 Å². The second-order valence-corrected chi connectivity index (χ2v) is 7.07. The van der Waals surface area contributed by atoms with Gasteiger partial charge in [0.05, 0.1) is 23.0 Å². The number of likely N-dealkylation sites (tertiary alicyclic amines) is 1. The number of carbonyl (C=O) groups excluding carboxylic acids is 2. The average Bonchev–Trinajstić information content (AvgIpc) is 3.25. The van der Waals surface area contributed by atoms with Crippen LogP contribution in [0.4, 0.5) is 0 Å². The molecule has 4 rings (SSSR count). The number of fused-ring (bicyclic) bond motifs is 1. The number of imidazole rings is 1. The molecule has 2 atom stereocenters. The van der Waals surface area contributed by atoms with Crippen molar-refractivity contribution in [1.29, 1.82) is 0 Å². The Bertz CT molecular complexity index is 933. The average molecular weight is 362 g/mol. The molecule has 6 heteroatoms. The van der Waals surface area contributed by atoms with Crippen molar-refractivity contribution in [3.63, 3.8) is 0 Å². The highest BCUT2D eigenvalue weighted by atomic mass is 16.2. The van der Waals surface area contributed by atoms with Crippen LogP contribution < -0.4 is 5.32 Å². The predicted octanol–water partition coefficient (Wildman–Crippen LogP) is 2.44. The standard InChI is InChI=1S/C21H22N4O2/c1-25-13-15(12-19(25)26)21(27)24-18(11-14-7-3-2-4-8-14)20-22-16-9-5-6-10-17(16)23-20/h2-10,15,18H,11-13H2,1H3,(H,22,23)(H,24,27)/t15-,18-/m1/s1. The van der Waals surface area contributed by atoms with Crippen molar-refractivity contribution in [3.8, 4) is 0 Å². The molecule has 2 aromatic carbocycles. The van der Waals surface area contributed by atoms with Gasteiger partial charge in [0.2, 0.25) is 11.8 Å². The highest BCUT2D eigenvalue weighted by Crippen LogP contribution is 2.22. The number of para-hydroxylation sites is 2. The number of aromatic amines is 1. The number of hydrogen-bond acceptors (Lipinski definition) is 3. The summed E-state index contributed by atoms with van der Waals surface area (Å²) in [6, 6.07) is 17.5. The van der Waals surface area contributed by atoms with Crippen LogP contribution in [0.25, 0.3) is 11.0 Å². The summed E-state index contributed by atoms with van der Waals surface area (Å²) in [4.78, 5) is 34.2. The van der Waals surface area contributed by atoms with E-state index < -0.39 is 0 Å². The first-order valence-corrected chi connectivity index (χ1v) is 9.13. The van der Waals surface area contributed by atoms with Crippen LogP contribution in [0.5, 0.6) is 0 Å². The van der Waals surface area contributed by atoms with Crippen LogP contribution in [-0.2, 0) is 16.0 Å². The third kappa shape index (κ3) is 3.69. The Kier molecular flexibility index (Phi) is 4.62. The molecule has 2 heterocycles. The molecule has 0 spiro atoms. The summed E-state index contributed by atoms with van der Waals surface area (Å²) in [6.45, 7) is 0.461. The molecule has 3 aromatic rings. The van der Waals surface area contributed by atoms with Gasteiger partial charge in [-0.05, 0) is 24.1 Å². The number of benzene rings is 2. The SMILES string of the molecule is CN1C[C@H](C(=O)N[C@H](Cc2ccccc2)c2nc3ccccc3[nH]2)CC1=O. The summed E-state index contributed by atoms with van der Waals surface area (Å²) in [5, 5.41) is 3.11. The zero-order valence-corrected chi connectivity index (χ0v) is 15.2. The van der Waals surface area contributed by atoms with E-state index >= 15 is 0 Å². The Labute approximate surface area is 157 Å². The van der Waals surface area contributed by atoms with Gasteiger partial charge in [0.15, 0.2) is 0 Å². The second-order valence-electron chi connectivity index (χ2n) is 7.07. The second kappa shape index (κ2) is 7.23. The Hall–Kier alpha value is -3.15. The van der Waals surface area contributed by atoms with Gasteiger partial charge in [-0.2, -0.15) is 0 Å². The van der Waals surface area contributed by atoms with Gasteiger partial charge in [-0.1, -0.05) is 42.5 Å². The lowest BCUT2D eigenvalue weighted by atomic mass is 10.0. The first kappa shape index (κ1) is 17.3. The molecule has 1 fully saturated rings. The number of rotatable bonds is 5. The van der Waals surface area contributed by atoms with Crippen molar-refractivity contribution in [2.45, 2.75) is 18.9 Å². The number of amides is 2. The molecule has 0 bridgehead atoms. The zero-order chi connectivity index (χ0) is 18.8. The van der Waals surface area contributed by atoms with Crippen LogP contribution in [-0.4, -0.2) is 40.3 Å². The van der Waals surface area contributed by atoms with E-state index in [1.807, 2.05) is 54.6 Å². The van der Waals surface area contributed by atoms with Gasteiger partial charge >= 0.3 is 0 Å². The Morgan fingerprint density at radius 1 is 1.22 bits per heavy atom. The van der Waals surface area contributed by atoms with Gasteiger partial charge in [-0.25, -0.2) is 4.98 Å². The van der Waals surface area contributed by atoms with E-state index in [0.29, 0.717) is 13.0 Å². The lowest BCUT2D eigenvalue weighted by Crippen LogP contribution is -2.36. The largest absolute Gasteiger partial charge is 0.346 e. The quantitative estimate of drug-likeness (QED) is 0.732. The molecule has 2 amide bonds. The van der Waals surface area contributed by atoms with E-state index in [1.165, 1.54) is 0 Å². The van der Waals surface area contributed by atoms with Crippen molar-refractivity contribution in [2.75, 3.05) is 13.6 Å². The molecule has 6 nitrogen and oxygen atoms in total. The van der Waals surface area contributed by atoms with E-state index in [1.54, 1.807) is 11.9 Å². The molecule has 1 saturated heterocycles. The summed E-state index contributed by atoms with van der Waals surface area (Å²) >= 11 is 0. The molecular weight excluding hydrogens is 340 g/mol. The Morgan fingerprint density at radius 2 is 1.96 bits per heavy atom. The lowest BCUT2D eigenvalue weighted by molar-refractivity contribution is -0.128. The molecule has 0 radical (unpaired) electrons. The minimum Gasteiger partial charge on any atom is -0.346 e. The molecule has 138 valence electrons. The summed E-state index contributed by atoms with van der Waals surface area (Å²) in [5.74, 6) is 0.323. The fourth-order valence-electron chi connectivity index (χ4n) is 3.53. The molecule has 1 aliphatic rings. The number of aromatic nitrogens is 2. The van der Waals surface area contributed by atoms with Crippen LogP contribution in [0, 0.1) is 5.92 Å². The van der Waals surface area contributed by atoms with Crippen molar-refractivity contribution < 1.29 is 9.59 Å². The maximum absolute atomic E-state index is 12.8. The van der Waals surface area contributed by atoms with E-state index in [-0.39, 0.29) is 30.2 Å². The summed E-state index contributed by atoms with van der Waals surface area (Å²) in [7, 11) is 1.73. The van der Waals surface area contributed by atoms with Gasteiger partial charge in [-0.15, -0.1) is 0 Å². The molecule has 2 N–H and O–H groups in total. The predicted molar refractivity (Wildman–Crippen MR) is 103 cm³/mol. The zero-order valence-electron chi connectivity index (χ0n) is 15.2. The number of H-pyrrole nitrogens is 1. The number of carbonyl (C=O) groups is 2. The molecule has 1 aromatic heterocycles. The van der Waals surface area contributed by atoms with E-state index in [9.17, 15) is 9.59 Å². The molecular formula is C21H22N4O2. The lowest BCUT2D eigenvalue weighted by Gasteiger charge is -2.19. The Balaban J connectivity index is 1.59.